The molecule has 7 heteroatoms. The molecule has 0 aliphatic heterocycles. The van der Waals surface area contributed by atoms with E-state index in [9.17, 15) is 14.0 Å². The maximum Gasteiger partial charge on any atom is 0.243 e. The fourth-order valence-corrected chi connectivity index (χ4v) is 4.64. The lowest BCUT2D eigenvalue weighted by atomic mass is 10.0. The Morgan fingerprint density at radius 3 is 2.17 bits per heavy atom. The molecule has 0 aliphatic rings. The fourth-order valence-electron chi connectivity index (χ4n) is 3.64. The average Bonchev–Trinajstić information content (AvgIpc) is 2.84. The molecule has 0 aliphatic carbocycles. The monoisotopic (exact) mass is 512 g/mol. The molecule has 4 nitrogen and oxygen atoms in total. The second kappa shape index (κ2) is 13.3. The molecule has 0 saturated carbocycles. The van der Waals surface area contributed by atoms with E-state index in [1.807, 2.05) is 56.3 Å². The van der Waals surface area contributed by atoms with Gasteiger partial charge in [-0.25, -0.2) is 4.39 Å². The third-order valence-corrected chi connectivity index (χ3v) is 6.62. The number of carbonyl (C=O) groups excluding carboxylic acids is 2. The highest BCUT2D eigenvalue weighted by atomic mass is 35.5. The second-order valence-corrected chi connectivity index (χ2v) is 10.1. The summed E-state index contributed by atoms with van der Waals surface area (Å²) in [6.45, 7) is 4.10. The van der Waals surface area contributed by atoms with E-state index < -0.39 is 6.04 Å². The normalized spacial score (nSPS) is 11.8. The van der Waals surface area contributed by atoms with E-state index in [-0.39, 0.29) is 36.0 Å². The van der Waals surface area contributed by atoms with Crippen LogP contribution in [0, 0.1) is 5.82 Å². The molecule has 3 aromatic carbocycles. The highest BCUT2D eigenvalue weighted by molar-refractivity contribution is 7.99. The van der Waals surface area contributed by atoms with Crippen LogP contribution in [0.1, 0.15) is 30.5 Å². The van der Waals surface area contributed by atoms with Gasteiger partial charge in [-0.05, 0) is 54.8 Å². The first kappa shape index (κ1) is 26.8. The quantitative estimate of drug-likeness (QED) is 0.349. The van der Waals surface area contributed by atoms with Gasteiger partial charge in [-0.1, -0.05) is 66.2 Å². The lowest BCUT2D eigenvalue weighted by Crippen LogP contribution is -2.52. The number of thioether (sulfide) groups is 1. The maximum absolute atomic E-state index is 13.5. The second-order valence-electron chi connectivity index (χ2n) is 8.64. The zero-order valence-electron chi connectivity index (χ0n) is 19.9. The lowest BCUT2D eigenvalue weighted by molar-refractivity contribution is -0.139. The minimum absolute atomic E-state index is 0.0545. The van der Waals surface area contributed by atoms with Crippen LogP contribution in [0.2, 0.25) is 5.02 Å². The molecule has 3 aromatic rings. The van der Waals surface area contributed by atoms with Crippen molar-refractivity contribution in [2.24, 2.45) is 0 Å². The Kier molecular flexibility index (Phi) is 10.2. The van der Waals surface area contributed by atoms with E-state index in [1.165, 1.54) is 23.9 Å². The first-order chi connectivity index (χ1) is 16.8. The van der Waals surface area contributed by atoms with Gasteiger partial charge in [0, 0.05) is 29.8 Å². The van der Waals surface area contributed by atoms with Gasteiger partial charge >= 0.3 is 0 Å². The molecule has 0 radical (unpaired) electrons. The Morgan fingerprint density at radius 1 is 0.914 bits per heavy atom. The Bertz CT molecular complexity index is 1090. The standard InChI is InChI=1S/C28H30ClFN2O2S/c1-20(2)31-28(34)26(16-21-6-4-3-5-7-21)32(17-22-8-12-24(29)13-9-22)27(33)19-35-18-23-10-14-25(30)15-11-23/h3-15,20,26H,16-19H2,1-2H3,(H,31,34)/t26-/m1/s1. The predicted octanol–water partition coefficient (Wildman–Crippen LogP) is 5.88. The van der Waals surface area contributed by atoms with E-state index >= 15 is 0 Å². The first-order valence-electron chi connectivity index (χ1n) is 11.5. The van der Waals surface area contributed by atoms with Crippen LogP contribution in [-0.2, 0) is 28.3 Å². The molecule has 1 N–H and O–H groups in total. The minimum atomic E-state index is -0.672. The number of amides is 2. The smallest absolute Gasteiger partial charge is 0.243 e. The molecule has 184 valence electrons. The van der Waals surface area contributed by atoms with Crippen molar-refractivity contribution in [3.05, 3.63) is 106 Å². The van der Waals surface area contributed by atoms with Crippen molar-refractivity contribution in [3.8, 4) is 0 Å². The van der Waals surface area contributed by atoms with Gasteiger partial charge < -0.3 is 10.2 Å². The number of rotatable bonds is 11. The van der Waals surface area contributed by atoms with Crippen molar-refractivity contribution < 1.29 is 14.0 Å². The number of halogens is 2. The van der Waals surface area contributed by atoms with E-state index in [0.29, 0.717) is 17.2 Å². The average molecular weight is 513 g/mol. The molecule has 35 heavy (non-hydrogen) atoms. The van der Waals surface area contributed by atoms with Gasteiger partial charge in [0.05, 0.1) is 5.75 Å². The Labute approximate surface area is 215 Å². The van der Waals surface area contributed by atoms with Gasteiger partial charge in [-0.2, -0.15) is 0 Å². The summed E-state index contributed by atoms with van der Waals surface area (Å²) in [5.41, 5.74) is 2.80. The van der Waals surface area contributed by atoms with Gasteiger partial charge in [0.15, 0.2) is 0 Å². The van der Waals surface area contributed by atoms with Gasteiger partial charge in [0.1, 0.15) is 11.9 Å². The number of hydrogen-bond donors (Lipinski definition) is 1. The Balaban J connectivity index is 1.83. The Hall–Kier alpha value is -2.83. The van der Waals surface area contributed by atoms with E-state index in [0.717, 1.165) is 16.7 Å². The molecule has 0 aromatic heterocycles. The highest BCUT2D eigenvalue weighted by Crippen LogP contribution is 2.20. The number of hydrogen-bond acceptors (Lipinski definition) is 3. The summed E-state index contributed by atoms with van der Waals surface area (Å²) in [4.78, 5) is 28.5. The largest absolute Gasteiger partial charge is 0.352 e. The summed E-state index contributed by atoms with van der Waals surface area (Å²) in [6, 6.07) is 22.5. The molecule has 0 saturated heterocycles. The third-order valence-electron chi connectivity index (χ3n) is 5.38. The molecular formula is C28H30ClFN2O2S. The predicted molar refractivity (Wildman–Crippen MR) is 142 cm³/mol. The van der Waals surface area contributed by atoms with Crippen LogP contribution in [-0.4, -0.2) is 34.6 Å². The zero-order chi connectivity index (χ0) is 25.2. The molecule has 0 bridgehead atoms. The van der Waals surface area contributed by atoms with E-state index in [2.05, 4.69) is 5.32 Å². The van der Waals surface area contributed by atoms with Crippen molar-refractivity contribution in [1.82, 2.24) is 10.2 Å². The van der Waals surface area contributed by atoms with Gasteiger partial charge in [-0.15, -0.1) is 11.8 Å². The number of nitrogens with one attached hydrogen (secondary N) is 1. The minimum Gasteiger partial charge on any atom is -0.352 e. The van der Waals surface area contributed by atoms with Gasteiger partial charge in [-0.3, -0.25) is 9.59 Å². The highest BCUT2D eigenvalue weighted by Gasteiger charge is 2.30. The summed E-state index contributed by atoms with van der Waals surface area (Å²) in [6.07, 6.45) is 0.404. The van der Waals surface area contributed by atoms with Crippen LogP contribution in [0.3, 0.4) is 0 Å². The van der Waals surface area contributed by atoms with Crippen molar-refractivity contribution in [2.45, 2.75) is 44.6 Å². The molecule has 0 heterocycles. The molecule has 0 fully saturated rings. The summed E-state index contributed by atoms with van der Waals surface area (Å²) >= 11 is 7.50. The summed E-state index contributed by atoms with van der Waals surface area (Å²) in [5, 5.41) is 3.60. The lowest BCUT2D eigenvalue weighted by Gasteiger charge is -2.32. The number of carbonyl (C=O) groups is 2. The maximum atomic E-state index is 13.5. The van der Waals surface area contributed by atoms with Crippen molar-refractivity contribution in [2.75, 3.05) is 5.75 Å². The van der Waals surface area contributed by atoms with Crippen LogP contribution in [0.25, 0.3) is 0 Å². The molecular weight excluding hydrogens is 483 g/mol. The molecule has 1 atom stereocenters. The third kappa shape index (κ3) is 8.71. The van der Waals surface area contributed by atoms with E-state index in [4.69, 9.17) is 11.6 Å². The Morgan fingerprint density at radius 2 is 1.54 bits per heavy atom. The van der Waals surface area contributed by atoms with Crippen LogP contribution in [0.4, 0.5) is 4.39 Å². The summed E-state index contributed by atoms with van der Waals surface area (Å²) < 4.78 is 13.2. The van der Waals surface area contributed by atoms with Gasteiger partial charge in [0.25, 0.3) is 0 Å². The number of benzene rings is 3. The summed E-state index contributed by atoms with van der Waals surface area (Å²) in [7, 11) is 0. The molecule has 3 rings (SSSR count). The molecule has 2 amide bonds. The topological polar surface area (TPSA) is 49.4 Å². The van der Waals surface area contributed by atoms with Crippen LogP contribution < -0.4 is 5.32 Å². The van der Waals surface area contributed by atoms with Crippen LogP contribution in [0.5, 0.6) is 0 Å². The van der Waals surface area contributed by atoms with E-state index in [1.54, 1.807) is 29.2 Å². The van der Waals surface area contributed by atoms with Crippen LogP contribution in [0.15, 0.2) is 78.9 Å². The molecule has 0 unspecified atom stereocenters. The van der Waals surface area contributed by atoms with Crippen LogP contribution >= 0.6 is 23.4 Å². The first-order valence-corrected chi connectivity index (χ1v) is 13.1. The SMILES string of the molecule is CC(C)NC(=O)[C@@H](Cc1ccccc1)N(Cc1ccc(Cl)cc1)C(=O)CSCc1ccc(F)cc1. The summed E-state index contributed by atoms with van der Waals surface area (Å²) in [5.74, 6) is 0.165. The van der Waals surface area contributed by atoms with Crippen molar-refractivity contribution in [1.29, 1.82) is 0 Å². The molecule has 0 spiro atoms. The number of nitrogens with zero attached hydrogens (tertiary/aromatic N) is 1. The van der Waals surface area contributed by atoms with Gasteiger partial charge in [0.2, 0.25) is 11.8 Å². The fraction of sp³-hybridized carbons (Fsp3) is 0.286. The zero-order valence-corrected chi connectivity index (χ0v) is 21.5. The van der Waals surface area contributed by atoms with Crippen molar-refractivity contribution >= 4 is 35.2 Å². The van der Waals surface area contributed by atoms with Crippen molar-refractivity contribution in [3.63, 3.8) is 0 Å².